The summed E-state index contributed by atoms with van der Waals surface area (Å²) in [6.07, 6.45) is 4.68. The number of hydrogen-bond acceptors (Lipinski definition) is 2. The summed E-state index contributed by atoms with van der Waals surface area (Å²) in [5.41, 5.74) is 0.545. The molecular weight excluding hydrogens is 202 g/mol. The van der Waals surface area contributed by atoms with Crippen LogP contribution in [-0.4, -0.2) is 11.7 Å². The number of rotatable bonds is 6. The van der Waals surface area contributed by atoms with Crippen LogP contribution in [0.1, 0.15) is 20.8 Å². The summed E-state index contributed by atoms with van der Waals surface area (Å²) >= 11 is 0. The zero-order valence-electron chi connectivity index (χ0n) is 10.1. The minimum Gasteiger partial charge on any atom is -0.326 e. The van der Waals surface area contributed by atoms with Crippen molar-refractivity contribution in [3.05, 3.63) is 37.1 Å². The molecule has 88 valence electrons. The van der Waals surface area contributed by atoms with E-state index in [0.717, 1.165) is 0 Å². The van der Waals surface area contributed by atoms with Crippen molar-refractivity contribution in [2.75, 3.05) is 0 Å². The highest BCUT2D eigenvalue weighted by Crippen LogP contribution is 2.07. The lowest BCUT2D eigenvalue weighted by atomic mass is 9.96. The van der Waals surface area contributed by atoms with Gasteiger partial charge in [-0.15, -0.1) is 0 Å². The molecule has 1 atom stereocenters. The van der Waals surface area contributed by atoms with Gasteiger partial charge in [-0.2, -0.15) is 0 Å². The number of allylic oxidation sites excluding steroid dienone is 3. The average molecular weight is 221 g/mol. The molecule has 1 N–H and O–H groups in total. The van der Waals surface area contributed by atoms with Gasteiger partial charge in [0.15, 0.2) is 0 Å². The van der Waals surface area contributed by atoms with Crippen molar-refractivity contribution in [1.29, 1.82) is 0 Å². The number of hydrogen-bond donors (Lipinski definition) is 1. The van der Waals surface area contributed by atoms with Crippen molar-refractivity contribution in [2.24, 2.45) is 11.8 Å². The fourth-order valence-electron chi connectivity index (χ4n) is 1.17. The lowest BCUT2D eigenvalue weighted by molar-refractivity contribution is -0.134. The monoisotopic (exact) mass is 221 g/mol. The molecule has 0 saturated heterocycles. The van der Waals surface area contributed by atoms with E-state index in [9.17, 15) is 9.59 Å². The standard InChI is InChI=1S/C13H19NO2/c1-6-8-11(7-2)14-13(16)10(5)12(15)9(3)4/h6-10H,1-2H2,3-5H3,(H,14,16)/b11-8+. The van der Waals surface area contributed by atoms with Crippen molar-refractivity contribution in [3.8, 4) is 0 Å². The molecule has 0 radical (unpaired) electrons. The fraction of sp³-hybridized carbons (Fsp3) is 0.385. The van der Waals surface area contributed by atoms with E-state index in [1.807, 2.05) is 0 Å². The number of Topliss-reactive ketones (excluding diaryl/α,β-unsaturated/α-hetero) is 1. The molecule has 1 unspecified atom stereocenters. The number of amides is 1. The quantitative estimate of drug-likeness (QED) is 0.552. The van der Waals surface area contributed by atoms with Gasteiger partial charge in [0.25, 0.3) is 0 Å². The van der Waals surface area contributed by atoms with Crippen LogP contribution in [0.3, 0.4) is 0 Å². The van der Waals surface area contributed by atoms with Gasteiger partial charge in [-0.3, -0.25) is 9.59 Å². The zero-order chi connectivity index (χ0) is 12.7. The molecule has 16 heavy (non-hydrogen) atoms. The summed E-state index contributed by atoms with van der Waals surface area (Å²) in [5, 5.41) is 2.62. The van der Waals surface area contributed by atoms with Crippen molar-refractivity contribution in [1.82, 2.24) is 5.32 Å². The van der Waals surface area contributed by atoms with E-state index >= 15 is 0 Å². The Morgan fingerprint density at radius 3 is 2.12 bits per heavy atom. The maximum Gasteiger partial charge on any atom is 0.234 e. The van der Waals surface area contributed by atoms with Gasteiger partial charge in [0.1, 0.15) is 5.78 Å². The topological polar surface area (TPSA) is 46.2 Å². The highest BCUT2D eigenvalue weighted by Gasteiger charge is 2.23. The van der Waals surface area contributed by atoms with Crippen LogP contribution < -0.4 is 5.32 Å². The minimum absolute atomic E-state index is 0.0699. The highest BCUT2D eigenvalue weighted by molar-refractivity contribution is 6.02. The van der Waals surface area contributed by atoms with Gasteiger partial charge in [-0.05, 0) is 19.1 Å². The molecule has 0 heterocycles. The molecule has 0 fully saturated rings. The second kappa shape index (κ2) is 6.77. The first-order valence-electron chi connectivity index (χ1n) is 5.23. The fourth-order valence-corrected chi connectivity index (χ4v) is 1.17. The molecule has 0 bridgehead atoms. The lowest BCUT2D eigenvalue weighted by Gasteiger charge is -2.13. The maximum atomic E-state index is 11.7. The summed E-state index contributed by atoms with van der Waals surface area (Å²) < 4.78 is 0. The number of carbonyl (C=O) groups is 2. The predicted molar refractivity (Wildman–Crippen MR) is 65.6 cm³/mol. The maximum absolute atomic E-state index is 11.7. The van der Waals surface area contributed by atoms with Gasteiger partial charge >= 0.3 is 0 Å². The van der Waals surface area contributed by atoms with Crippen LogP contribution in [0.15, 0.2) is 37.1 Å². The predicted octanol–water partition coefficient (Wildman–Crippen LogP) is 2.22. The second-order valence-corrected chi connectivity index (χ2v) is 3.83. The van der Waals surface area contributed by atoms with Gasteiger partial charge < -0.3 is 5.32 Å². The summed E-state index contributed by atoms with van der Waals surface area (Å²) in [4.78, 5) is 23.3. The molecule has 0 aromatic rings. The van der Waals surface area contributed by atoms with Crippen LogP contribution in [-0.2, 0) is 9.59 Å². The summed E-state index contributed by atoms with van der Waals surface area (Å²) in [6, 6.07) is 0. The van der Waals surface area contributed by atoms with Crippen LogP contribution in [0.4, 0.5) is 0 Å². The molecular formula is C13H19NO2. The Bertz CT molecular complexity index is 327. The van der Waals surface area contributed by atoms with Gasteiger partial charge in [0, 0.05) is 11.6 Å². The van der Waals surface area contributed by atoms with Crippen molar-refractivity contribution in [3.63, 3.8) is 0 Å². The highest BCUT2D eigenvalue weighted by atomic mass is 16.2. The third-order valence-electron chi connectivity index (χ3n) is 2.17. The smallest absolute Gasteiger partial charge is 0.234 e. The average Bonchev–Trinajstić information content (AvgIpc) is 2.25. The zero-order valence-corrected chi connectivity index (χ0v) is 10.1. The van der Waals surface area contributed by atoms with Crippen LogP contribution in [0.2, 0.25) is 0 Å². The van der Waals surface area contributed by atoms with Crippen LogP contribution in [0, 0.1) is 11.8 Å². The molecule has 0 rings (SSSR count). The van der Waals surface area contributed by atoms with E-state index in [2.05, 4.69) is 18.5 Å². The van der Waals surface area contributed by atoms with Crippen molar-refractivity contribution in [2.45, 2.75) is 20.8 Å². The SMILES string of the molecule is C=C/C=C(\C=C)NC(=O)C(C)C(=O)C(C)C. The Morgan fingerprint density at radius 2 is 1.75 bits per heavy atom. The number of carbonyl (C=O) groups excluding carboxylic acids is 2. The lowest BCUT2D eigenvalue weighted by Crippen LogP contribution is -2.34. The van der Waals surface area contributed by atoms with E-state index in [1.54, 1.807) is 32.9 Å². The van der Waals surface area contributed by atoms with Gasteiger partial charge in [0.2, 0.25) is 5.91 Å². The minimum atomic E-state index is -0.645. The molecule has 3 heteroatoms. The summed E-state index contributed by atoms with van der Waals surface area (Å²) in [6.45, 7) is 12.2. The van der Waals surface area contributed by atoms with E-state index in [4.69, 9.17) is 0 Å². The Balaban J connectivity index is 4.58. The molecule has 0 aliphatic heterocycles. The first-order chi connectivity index (χ1) is 7.43. The van der Waals surface area contributed by atoms with E-state index in [1.165, 1.54) is 6.08 Å². The Hall–Kier alpha value is -1.64. The molecule has 3 nitrogen and oxygen atoms in total. The van der Waals surface area contributed by atoms with E-state index in [0.29, 0.717) is 5.70 Å². The first kappa shape index (κ1) is 14.4. The van der Waals surface area contributed by atoms with Crippen LogP contribution in [0.5, 0.6) is 0 Å². The molecule has 0 aromatic carbocycles. The third kappa shape index (κ3) is 4.26. The normalized spacial score (nSPS) is 13.1. The summed E-state index contributed by atoms with van der Waals surface area (Å²) in [7, 11) is 0. The Labute approximate surface area is 96.9 Å². The number of nitrogens with one attached hydrogen (secondary N) is 1. The largest absolute Gasteiger partial charge is 0.326 e. The molecule has 0 spiro atoms. The second-order valence-electron chi connectivity index (χ2n) is 3.83. The number of ketones is 1. The molecule has 0 aliphatic carbocycles. The molecule has 1 amide bonds. The van der Waals surface area contributed by atoms with Gasteiger partial charge in [-0.25, -0.2) is 0 Å². The Kier molecular flexibility index (Phi) is 6.08. The van der Waals surface area contributed by atoms with Crippen LogP contribution >= 0.6 is 0 Å². The van der Waals surface area contributed by atoms with Gasteiger partial charge in [0.05, 0.1) is 5.92 Å². The molecule has 0 aromatic heterocycles. The van der Waals surface area contributed by atoms with Crippen molar-refractivity contribution < 1.29 is 9.59 Å². The van der Waals surface area contributed by atoms with Gasteiger partial charge in [-0.1, -0.05) is 33.1 Å². The van der Waals surface area contributed by atoms with Crippen molar-refractivity contribution >= 4 is 11.7 Å². The Morgan fingerprint density at radius 1 is 1.19 bits per heavy atom. The summed E-state index contributed by atoms with van der Waals surface area (Å²) in [5.74, 6) is -1.17. The van der Waals surface area contributed by atoms with E-state index < -0.39 is 5.92 Å². The first-order valence-corrected chi connectivity index (χ1v) is 5.23. The van der Waals surface area contributed by atoms with Crippen LogP contribution in [0.25, 0.3) is 0 Å². The molecule has 0 aliphatic rings. The third-order valence-corrected chi connectivity index (χ3v) is 2.17. The van der Waals surface area contributed by atoms with E-state index in [-0.39, 0.29) is 17.6 Å². The molecule has 0 saturated carbocycles.